The van der Waals surface area contributed by atoms with E-state index in [-0.39, 0.29) is 12.3 Å². The summed E-state index contributed by atoms with van der Waals surface area (Å²) < 4.78 is 28.1. The molecule has 0 saturated carbocycles. The van der Waals surface area contributed by atoms with Crippen LogP contribution in [0.25, 0.3) is 11.1 Å². The lowest BCUT2D eigenvalue weighted by Crippen LogP contribution is -2.41. The Bertz CT molecular complexity index is 1380. The number of rotatable bonds is 14. The molecule has 3 rings (SSSR count). The predicted octanol–water partition coefficient (Wildman–Crippen LogP) is 5.73. The average molecular weight is 569 g/mol. The summed E-state index contributed by atoms with van der Waals surface area (Å²) in [5.41, 5.74) is 4.01. The maximum atomic E-state index is 13.4. The molecule has 0 aromatic heterocycles. The van der Waals surface area contributed by atoms with Crippen LogP contribution in [0.3, 0.4) is 0 Å². The van der Waals surface area contributed by atoms with Gasteiger partial charge in [-0.1, -0.05) is 61.9 Å². The molecule has 39 heavy (non-hydrogen) atoms. The Balaban J connectivity index is 2.05. The summed E-state index contributed by atoms with van der Waals surface area (Å²) in [6, 6.07) is 20.8. The van der Waals surface area contributed by atoms with E-state index >= 15 is 0 Å². The fourth-order valence-electron chi connectivity index (χ4n) is 4.26. The van der Waals surface area contributed by atoms with Crippen molar-refractivity contribution in [2.75, 3.05) is 22.1 Å². The summed E-state index contributed by atoms with van der Waals surface area (Å²) in [6.45, 7) is 3.99. The summed E-state index contributed by atoms with van der Waals surface area (Å²) in [7, 11) is -3.60. The van der Waals surface area contributed by atoms with Gasteiger partial charge in [0, 0.05) is 5.56 Å². The van der Waals surface area contributed by atoms with Crippen molar-refractivity contribution in [3.05, 3.63) is 89.5 Å². The zero-order valence-corrected chi connectivity index (χ0v) is 24.2. The van der Waals surface area contributed by atoms with Crippen molar-refractivity contribution < 1.29 is 23.1 Å². The number of aliphatic carboxylic acids is 1. The Morgan fingerprint density at radius 2 is 1.69 bits per heavy atom. The first kappa shape index (κ1) is 30.2. The first-order valence-electron chi connectivity index (χ1n) is 12.9. The Labute approximate surface area is 235 Å². The van der Waals surface area contributed by atoms with E-state index in [2.05, 4.69) is 5.32 Å². The fourth-order valence-corrected chi connectivity index (χ4v) is 6.40. The van der Waals surface area contributed by atoms with Crippen LogP contribution in [0.5, 0.6) is 0 Å². The van der Waals surface area contributed by atoms with E-state index in [9.17, 15) is 23.1 Å². The molecule has 1 amide bonds. The van der Waals surface area contributed by atoms with Crippen LogP contribution < -0.4 is 9.62 Å². The molecule has 0 aliphatic heterocycles. The Hall–Kier alpha value is -3.30. The zero-order chi connectivity index (χ0) is 28.4. The molecule has 0 spiro atoms. The maximum Gasteiger partial charge on any atom is 0.326 e. The number of carbonyl (C=O) groups is 2. The van der Waals surface area contributed by atoms with E-state index in [4.69, 9.17) is 0 Å². The molecular formula is C30H36N2O5S2. The second-order valence-electron chi connectivity index (χ2n) is 9.35. The number of para-hydroxylation sites is 1. The Morgan fingerprint density at radius 3 is 2.33 bits per heavy atom. The minimum absolute atomic E-state index is 0.0379. The SMILES string of the molecule is CCCCS(=O)(=O)N(Cc1ccc(C(=O)N[C@@H](CCSC)C(=O)O)c(-c2ccccc2C)c1)c1ccccc1. The lowest BCUT2D eigenvalue weighted by Gasteiger charge is -2.25. The first-order chi connectivity index (χ1) is 18.7. The number of hydrogen-bond donors (Lipinski definition) is 2. The van der Waals surface area contributed by atoms with E-state index in [0.29, 0.717) is 41.0 Å². The van der Waals surface area contributed by atoms with Gasteiger partial charge in [0.2, 0.25) is 10.0 Å². The molecule has 0 saturated heterocycles. The van der Waals surface area contributed by atoms with Crippen LogP contribution in [0.15, 0.2) is 72.8 Å². The molecule has 0 bridgehead atoms. The van der Waals surface area contributed by atoms with Crippen molar-refractivity contribution >= 4 is 39.3 Å². The van der Waals surface area contributed by atoms with Gasteiger partial charge in [0.05, 0.1) is 18.0 Å². The minimum atomic E-state index is -3.60. The number of anilines is 1. The summed E-state index contributed by atoms with van der Waals surface area (Å²) in [4.78, 5) is 25.1. The van der Waals surface area contributed by atoms with Gasteiger partial charge in [-0.15, -0.1) is 0 Å². The Kier molecular flexibility index (Phi) is 11.0. The zero-order valence-electron chi connectivity index (χ0n) is 22.6. The molecule has 0 heterocycles. The summed E-state index contributed by atoms with van der Waals surface area (Å²) in [6.07, 6.45) is 3.51. The van der Waals surface area contributed by atoms with Crippen LogP contribution >= 0.6 is 11.8 Å². The molecular weight excluding hydrogens is 532 g/mol. The Morgan fingerprint density at radius 1 is 1.00 bits per heavy atom. The standard InChI is InChI=1S/C30H36N2O5S2/c1-4-5-19-39(36,37)32(24-12-7-6-8-13-24)21-23-15-16-26(27(20-23)25-14-10-9-11-22(25)2)29(33)31-28(30(34)35)17-18-38-3/h6-16,20,28H,4-5,17-19,21H2,1-3H3,(H,31,33)(H,34,35)/t28-/m0/s1. The summed E-state index contributed by atoms with van der Waals surface area (Å²) in [5, 5.41) is 12.3. The monoisotopic (exact) mass is 568 g/mol. The van der Waals surface area contributed by atoms with Gasteiger partial charge in [-0.25, -0.2) is 13.2 Å². The number of carboxylic acid groups (broad SMARTS) is 1. The molecule has 0 unspecified atom stereocenters. The van der Waals surface area contributed by atoms with Crippen LogP contribution in [0.2, 0.25) is 0 Å². The number of thioether (sulfide) groups is 1. The number of benzene rings is 3. The van der Waals surface area contributed by atoms with Crippen molar-refractivity contribution in [3.8, 4) is 11.1 Å². The largest absolute Gasteiger partial charge is 0.480 e. The lowest BCUT2D eigenvalue weighted by molar-refractivity contribution is -0.139. The number of nitrogens with zero attached hydrogens (tertiary/aromatic N) is 1. The highest BCUT2D eigenvalue weighted by atomic mass is 32.2. The molecule has 0 radical (unpaired) electrons. The number of sulfonamides is 1. The van der Waals surface area contributed by atoms with Gasteiger partial charge < -0.3 is 10.4 Å². The second-order valence-corrected chi connectivity index (χ2v) is 12.4. The molecule has 9 heteroatoms. The second kappa shape index (κ2) is 14.2. The molecule has 2 N–H and O–H groups in total. The summed E-state index contributed by atoms with van der Waals surface area (Å²) >= 11 is 1.52. The number of amides is 1. The minimum Gasteiger partial charge on any atom is -0.480 e. The van der Waals surface area contributed by atoms with Gasteiger partial charge in [0.25, 0.3) is 5.91 Å². The van der Waals surface area contributed by atoms with Crippen LogP contribution in [-0.2, 0) is 21.4 Å². The highest BCUT2D eigenvalue weighted by Gasteiger charge is 2.25. The van der Waals surface area contributed by atoms with E-state index in [1.807, 2.05) is 56.5 Å². The van der Waals surface area contributed by atoms with E-state index in [1.165, 1.54) is 16.1 Å². The number of hydrogen-bond acceptors (Lipinski definition) is 5. The molecule has 0 aliphatic rings. The van der Waals surface area contributed by atoms with Gasteiger partial charge in [-0.3, -0.25) is 9.10 Å². The van der Waals surface area contributed by atoms with E-state index in [1.54, 1.807) is 36.4 Å². The molecule has 208 valence electrons. The number of carboxylic acids is 1. The van der Waals surface area contributed by atoms with Gasteiger partial charge in [0.1, 0.15) is 6.04 Å². The van der Waals surface area contributed by atoms with Gasteiger partial charge in [0.15, 0.2) is 0 Å². The predicted molar refractivity (Wildman–Crippen MR) is 160 cm³/mol. The third-order valence-electron chi connectivity index (χ3n) is 6.44. The average Bonchev–Trinajstić information content (AvgIpc) is 2.93. The number of nitrogens with one attached hydrogen (secondary N) is 1. The van der Waals surface area contributed by atoms with Crippen LogP contribution in [0.4, 0.5) is 5.69 Å². The molecule has 0 fully saturated rings. The third kappa shape index (κ3) is 8.10. The van der Waals surface area contributed by atoms with Crippen LogP contribution in [-0.4, -0.2) is 49.2 Å². The number of aryl methyl sites for hydroxylation is 1. The quantitative estimate of drug-likeness (QED) is 0.257. The lowest BCUT2D eigenvalue weighted by atomic mass is 9.93. The van der Waals surface area contributed by atoms with Gasteiger partial charge >= 0.3 is 5.97 Å². The molecule has 1 atom stereocenters. The highest BCUT2D eigenvalue weighted by molar-refractivity contribution is 7.98. The number of unbranched alkanes of at least 4 members (excludes halogenated alkanes) is 1. The topological polar surface area (TPSA) is 104 Å². The third-order valence-corrected chi connectivity index (χ3v) is 8.90. The van der Waals surface area contributed by atoms with Crippen LogP contribution in [0.1, 0.15) is 47.7 Å². The van der Waals surface area contributed by atoms with E-state index in [0.717, 1.165) is 17.5 Å². The summed E-state index contributed by atoms with van der Waals surface area (Å²) in [5.74, 6) is -0.926. The first-order valence-corrected chi connectivity index (χ1v) is 15.9. The van der Waals surface area contributed by atoms with Crippen molar-refractivity contribution in [2.45, 2.75) is 45.7 Å². The van der Waals surface area contributed by atoms with Crippen molar-refractivity contribution in [3.63, 3.8) is 0 Å². The molecule has 7 nitrogen and oxygen atoms in total. The fraction of sp³-hybridized carbons (Fsp3) is 0.333. The van der Waals surface area contributed by atoms with Gasteiger partial charge in [-0.05, 0) is 78.3 Å². The highest BCUT2D eigenvalue weighted by Crippen LogP contribution is 2.30. The smallest absolute Gasteiger partial charge is 0.326 e. The van der Waals surface area contributed by atoms with E-state index < -0.39 is 27.9 Å². The van der Waals surface area contributed by atoms with Crippen molar-refractivity contribution in [2.24, 2.45) is 0 Å². The molecule has 3 aromatic rings. The molecule has 3 aromatic carbocycles. The number of carbonyl (C=O) groups excluding carboxylic acids is 1. The van der Waals surface area contributed by atoms with Crippen LogP contribution in [0, 0.1) is 6.92 Å². The van der Waals surface area contributed by atoms with Crippen molar-refractivity contribution in [1.82, 2.24) is 5.32 Å². The normalized spacial score (nSPS) is 12.1. The molecule has 0 aliphatic carbocycles. The maximum absolute atomic E-state index is 13.4. The van der Waals surface area contributed by atoms with Gasteiger partial charge in [-0.2, -0.15) is 11.8 Å². The van der Waals surface area contributed by atoms with Crippen molar-refractivity contribution in [1.29, 1.82) is 0 Å².